The lowest BCUT2D eigenvalue weighted by Gasteiger charge is -2.37. The zero-order valence-electron chi connectivity index (χ0n) is 15.1. The molecule has 1 heterocycles. The van der Waals surface area contributed by atoms with Gasteiger partial charge in [-0.15, -0.1) is 0 Å². The fourth-order valence-corrected chi connectivity index (χ4v) is 5.03. The van der Waals surface area contributed by atoms with Crippen molar-refractivity contribution in [3.05, 3.63) is 48.0 Å². The minimum Gasteiger partial charge on any atom is -0.323 e. The van der Waals surface area contributed by atoms with Crippen LogP contribution in [-0.4, -0.2) is 32.2 Å². The van der Waals surface area contributed by atoms with E-state index in [1.165, 1.54) is 74.7 Å². The first-order valence-electron chi connectivity index (χ1n) is 9.94. The molecule has 2 aliphatic rings. The van der Waals surface area contributed by atoms with E-state index in [9.17, 15) is 0 Å². The third kappa shape index (κ3) is 3.50. The highest BCUT2D eigenvalue weighted by Gasteiger charge is 2.32. The normalized spacial score (nSPS) is 31.2. The van der Waals surface area contributed by atoms with E-state index in [4.69, 9.17) is 0 Å². The second-order valence-electron chi connectivity index (χ2n) is 8.19. The Morgan fingerprint density at radius 2 is 1.71 bits per heavy atom. The smallest absolute Gasteiger partial charge is 0.127 e. The monoisotopic (exact) mass is 324 g/mol. The summed E-state index contributed by atoms with van der Waals surface area (Å²) in [5.74, 6) is 0.956. The van der Waals surface area contributed by atoms with Crippen molar-refractivity contribution in [3.8, 4) is 0 Å². The second kappa shape index (κ2) is 7.25. The van der Waals surface area contributed by atoms with Gasteiger partial charge in [0, 0.05) is 12.0 Å². The van der Waals surface area contributed by atoms with Crippen molar-refractivity contribution >= 4 is 10.8 Å². The molecule has 0 radical (unpaired) electrons. The van der Waals surface area contributed by atoms with Crippen LogP contribution in [0.2, 0.25) is 0 Å². The van der Waals surface area contributed by atoms with Crippen LogP contribution in [0.5, 0.6) is 0 Å². The van der Waals surface area contributed by atoms with Crippen molar-refractivity contribution in [1.82, 2.24) is 0 Å². The molecule has 0 unspecified atom stereocenters. The van der Waals surface area contributed by atoms with Gasteiger partial charge in [-0.1, -0.05) is 55.8 Å². The summed E-state index contributed by atoms with van der Waals surface area (Å²) < 4.78 is 0. The minimum atomic E-state index is 0.952. The minimum absolute atomic E-state index is 0.952. The number of hydrogen-bond acceptors (Lipinski definition) is 0. The molecule has 1 aliphatic carbocycles. The lowest BCUT2D eigenvalue weighted by Crippen LogP contribution is -3.29. The van der Waals surface area contributed by atoms with Crippen molar-refractivity contribution in [3.63, 3.8) is 0 Å². The molecule has 1 aliphatic heterocycles. The van der Waals surface area contributed by atoms with Crippen LogP contribution in [0.25, 0.3) is 10.8 Å². The second-order valence-corrected chi connectivity index (χ2v) is 8.19. The topological polar surface area (TPSA) is 8.88 Å². The van der Waals surface area contributed by atoms with Crippen molar-refractivity contribution in [2.24, 2.45) is 5.92 Å². The average molecular weight is 325 g/mol. The fraction of sp³-hybridized carbons (Fsp3) is 0.545. The highest BCUT2D eigenvalue weighted by atomic mass is 15.3. The molecule has 0 aromatic heterocycles. The zero-order chi connectivity index (χ0) is 16.4. The molecule has 2 atom stereocenters. The van der Waals surface area contributed by atoms with Gasteiger partial charge in [-0.25, -0.2) is 0 Å². The van der Waals surface area contributed by atoms with Crippen LogP contribution in [-0.2, 0) is 6.54 Å². The molecule has 2 aromatic rings. The van der Waals surface area contributed by atoms with Gasteiger partial charge in [-0.3, -0.25) is 0 Å². The molecule has 0 spiro atoms. The van der Waals surface area contributed by atoms with Crippen LogP contribution < -0.4 is 9.80 Å². The van der Waals surface area contributed by atoms with Gasteiger partial charge in [0.25, 0.3) is 0 Å². The quantitative estimate of drug-likeness (QED) is 0.850. The molecule has 2 N–H and O–H groups in total. The van der Waals surface area contributed by atoms with E-state index in [2.05, 4.69) is 49.4 Å². The highest BCUT2D eigenvalue weighted by molar-refractivity contribution is 5.85. The number of piperazine rings is 1. The fourth-order valence-electron chi connectivity index (χ4n) is 5.03. The maximum absolute atomic E-state index is 2.45. The molecule has 0 amide bonds. The Labute approximate surface area is 146 Å². The lowest BCUT2D eigenvalue weighted by molar-refractivity contribution is -1.03. The summed E-state index contributed by atoms with van der Waals surface area (Å²) in [5.41, 5.74) is 1.53. The van der Waals surface area contributed by atoms with Gasteiger partial charge >= 0.3 is 0 Å². The molecule has 2 nitrogen and oxygen atoms in total. The predicted molar refractivity (Wildman–Crippen MR) is 100 cm³/mol. The molecule has 2 heteroatoms. The van der Waals surface area contributed by atoms with Gasteiger partial charge in [0.15, 0.2) is 0 Å². The van der Waals surface area contributed by atoms with Crippen molar-refractivity contribution in [1.29, 1.82) is 0 Å². The lowest BCUT2D eigenvalue weighted by atomic mass is 9.86. The first-order chi connectivity index (χ1) is 11.8. The third-order valence-electron chi connectivity index (χ3n) is 6.43. The van der Waals surface area contributed by atoms with Crippen molar-refractivity contribution in [2.45, 2.75) is 45.2 Å². The molecule has 128 valence electrons. The summed E-state index contributed by atoms with van der Waals surface area (Å²) in [5, 5.41) is 2.83. The zero-order valence-corrected chi connectivity index (χ0v) is 15.1. The van der Waals surface area contributed by atoms with Crippen LogP contribution in [0.3, 0.4) is 0 Å². The summed E-state index contributed by atoms with van der Waals surface area (Å²) in [6.07, 6.45) is 5.86. The number of nitrogens with one attached hydrogen (secondary N) is 2. The summed E-state index contributed by atoms with van der Waals surface area (Å²) in [6.45, 7) is 9.06. The Bertz CT molecular complexity index is 667. The molecule has 24 heavy (non-hydrogen) atoms. The molecule has 4 rings (SSSR count). The van der Waals surface area contributed by atoms with Crippen molar-refractivity contribution in [2.75, 3.05) is 26.2 Å². The molecular weight excluding hydrogens is 292 g/mol. The van der Waals surface area contributed by atoms with Crippen molar-refractivity contribution < 1.29 is 9.80 Å². The summed E-state index contributed by atoms with van der Waals surface area (Å²) >= 11 is 0. The Hall–Kier alpha value is -1.38. The van der Waals surface area contributed by atoms with Gasteiger partial charge in [0.2, 0.25) is 0 Å². The third-order valence-corrected chi connectivity index (χ3v) is 6.43. The van der Waals surface area contributed by atoms with Crippen LogP contribution >= 0.6 is 0 Å². The number of rotatable bonds is 3. The van der Waals surface area contributed by atoms with E-state index in [0.717, 1.165) is 12.0 Å². The number of hydrogen-bond donors (Lipinski definition) is 2. The summed E-state index contributed by atoms with van der Waals surface area (Å²) in [6, 6.07) is 16.6. The largest absolute Gasteiger partial charge is 0.323 e. The van der Waals surface area contributed by atoms with Crippen LogP contribution in [0.4, 0.5) is 0 Å². The van der Waals surface area contributed by atoms with E-state index < -0.39 is 0 Å². The molecule has 2 aromatic carbocycles. The van der Waals surface area contributed by atoms with Gasteiger partial charge in [0.1, 0.15) is 32.7 Å². The Balaban J connectivity index is 1.37. The van der Waals surface area contributed by atoms with Gasteiger partial charge in [-0.2, -0.15) is 0 Å². The molecular formula is C22H32N2+2. The molecule has 1 saturated heterocycles. The van der Waals surface area contributed by atoms with E-state index in [1.54, 1.807) is 4.90 Å². The Kier molecular flexibility index (Phi) is 4.86. The Morgan fingerprint density at radius 3 is 2.54 bits per heavy atom. The molecule has 0 bridgehead atoms. The van der Waals surface area contributed by atoms with E-state index in [0.29, 0.717) is 0 Å². The van der Waals surface area contributed by atoms with Gasteiger partial charge in [-0.05, 0) is 29.5 Å². The van der Waals surface area contributed by atoms with E-state index >= 15 is 0 Å². The van der Waals surface area contributed by atoms with E-state index in [-0.39, 0.29) is 0 Å². The van der Waals surface area contributed by atoms with E-state index in [1.807, 2.05) is 4.90 Å². The first-order valence-corrected chi connectivity index (χ1v) is 9.94. The summed E-state index contributed by atoms with van der Waals surface area (Å²) in [4.78, 5) is 3.68. The maximum atomic E-state index is 2.45. The van der Waals surface area contributed by atoms with Crippen LogP contribution in [0, 0.1) is 5.92 Å². The van der Waals surface area contributed by atoms with Crippen LogP contribution in [0.15, 0.2) is 42.5 Å². The Morgan fingerprint density at radius 1 is 0.917 bits per heavy atom. The highest BCUT2D eigenvalue weighted by Crippen LogP contribution is 2.22. The summed E-state index contributed by atoms with van der Waals surface area (Å²) in [7, 11) is 0. The molecule has 1 saturated carbocycles. The average Bonchev–Trinajstić information content (AvgIpc) is 2.63. The number of fused-ring (bicyclic) bond motifs is 1. The van der Waals surface area contributed by atoms with Gasteiger partial charge in [0.05, 0.1) is 6.04 Å². The van der Waals surface area contributed by atoms with Gasteiger partial charge < -0.3 is 9.80 Å². The van der Waals surface area contributed by atoms with Crippen LogP contribution in [0.1, 0.15) is 38.2 Å². The number of quaternary nitrogens is 2. The molecule has 2 fully saturated rings. The maximum Gasteiger partial charge on any atom is 0.127 e. The first kappa shape index (κ1) is 16.1. The predicted octanol–water partition coefficient (Wildman–Crippen LogP) is 1.70. The standard InChI is InChI=1S/C22H30N2/c1-18-6-4-10-21(16-18)24-14-12-23(13-15-24)17-20-9-5-8-19-7-2-3-11-22(19)20/h2-3,5,7-9,11,18,21H,4,6,10,12-17H2,1H3/p+2/t18-,21-/m1/s1. The number of benzene rings is 2. The SMILES string of the molecule is C[C@@H]1CCC[C@@H]([NH+]2CC[NH+](Cc3cccc4ccccc34)CC2)C1.